The molecule has 0 aliphatic carbocycles. The minimum Gasteiger partial charge on any atom is -0.469 e. The van der Waals surface area contributed by atoms with Gasteiger partial charge in [-0.2, -0.15) is 0 Å². The smallest absolute Gasteiger partial charge is 0.310 e. The largest absolute Gasteiger partial charge is 0.469 e. The Kier molecular flexibility index (Phi) is 7.26. The standard InChI is InChI=1S/C38H34N2O4/c1-43-33(41)22-28-26-17-9-11-19-31(26)39-36(28)38-35(25-15-7-4-8-16-25)30(21-24-13-5-3-6-14-24)37-29(23-34(42)44-2)27-18-10-12-20-32(27)40(37)38/h3-20,30,35,38-39H,21-23H2,1-2H3/t30-,35-,38-/m0/s1. The van der Waals surface area contributed by atoms with Crippen LogP contribution in [0.2, 0.25) is 0 Å². The molecule has 220 valence electrons. The van der Waals surface area contributed by atoms with Gasteiger partial charge in [0.25, 0.3) is 0 Å². The van der Waals surface area contributed by atoms with Gasteiger partial charge in [0.15, 0.2) is 0 Å². The molecular weight excluding hydrogens is 548 g/mol. The topological polar surface area (TPSA) is 73.3 Å². The predicted octanol–water partition coefficient (Wildman–Crippen LogP) is 7.27. The maximum absolute atomic E-state index is 12.9. The van der Waals surface area contributed by atoms with E-state index in [1.807, 2.05) is 30.3 Å². The Morgan fingerprint density at radius 3 is 2.00 bits per heavy atom. The Bertz CT molecular complexity index is 1970. The van der Waals surface area contributed by atoms with Gasteiger partial charge < -0.3 is 19.0 Å². The third kappa shape index (κ3) is 4.67. The van der Waals surface area contributed by atoms with Crippen LogP contribution in [0.1, 0.15) is 51.5 Å². The molecule has 6 aromatic rings. The van der Waals surface area contributed by atoms with Gasteiger partial charge in [0, 0.05) is 45.0 Å². The zero-order valence-electron chi connectivity index (χ0n) is 24.8. The molecule has 0 bridgehead atoms. The average Bonchev–Trinajstić information content (AvgIpc) is 3.70. The Hall–Kier alpha value is -5.10. The molecule has 7 rings (SSSR count). The number of nitrogens with zero attached hydrogens (tertiary/aromatic N) is 1. The SMILES string of the molecule is COC(=O)Cc1c([C@@H]2[C@@H](c3ccccc3)[C@H](Cc3ccccc3)c3c(CC(=O)OC)c4ccccc4n32)[nH]c2ccccc12. The van der Waals surface area contributed by atoms with E-state index in [0.29, 0.717) is 0 Å². The van der Waals surface area contributed by atoms with E-state index in [1.54, 1.807) is 0 Å². The quantitative estimate of drug-likeness (QED) is 0.192. The summed E-state index contributed by atoms with van der Waals surface area (Å²) in [7, 11) is 2.88. The molecule has 0 saturated heterocycles. The number of esters is 2. The Balaban J connectivity index is 1.56. The molecule has 4 aromatic carbocycles. The van der Waals surface area contributed by atoms with Gasteiger partial charge in [0.05, 0.1) is 33.1 Å². The summed E-state index contributed by atoms with van der Waals surface area (Å²) in [5.74, 6) is -0.500. The minimum absolute atomic E-state index is 0.0110. The molecule has 6 heteroatoms. The van der Waals surface area contributed by atoms with E-state index in [4.69, 9.17) is 9.47 Å². The number of hydrogen-bond donors (Lipinski definition) is 1. The lowest BCUT2D eigenvalue weighted by Crippen LogP contribution is -2.19. The molecule has 44 heavy (non-hydrogen) atoms. The fourth-order valence-electron chi connectivity index (χ4n) is 7.38. The molecule has 3 atom stereocenters. The number of hydrogen-bond acceptors (Lipinski definition) is 4. The van der Waals surface area contributed by atoms with Gasteiger partial charge in [-0.15, -0.1) is 0 Å². The van der Waals surface area contributed by atoms with Crippen molar-refractivity contribution in [2.24, 2.45) is 0 Å². The number of ether oxygens (including phenoxy) is 2. The number of rotatable bonds is 8. The number of methoxy groups -OCH3 is 2. The van der Waals surface area contributed by atoms with Gasteiger partial charge in [-0.3, -0.25) is 9.59 Å². The first-order valence-corrected chi connectivity index (χ1v) is 15.0. The molecular formula is C38H34N2O4. The normalized spacial score (nSPS) is 17.5. The van der Waals surface area contributed by atoms with Crippen molar-refractivity contribution in [2.45, 2.75) is 37.1 Å². The number of para-hydroxylation sites is 2. The molecule has 6 nitrogen and oxygen atoms in total. The number of carbonyl (C=O) groups excluding carboxylic acids is 2. The van der Waals surface area contributed by atoms with E-state index in [1.165, 1.54) is 25.3 Å². The number of aromatic nitrogens is 2. The highest BCUT2D eigenvalue weighted by atomic mass is 16.5. The van der Waals surface area contributed by atoms with E-state index in [2.05, 4.69) is 88.4 Å². The maximum atomic E-state index is 12.9. The first-order valence-electron chi connectivity index (χ1n) is 15.0. The van der Waals surface area contributed by atoms with E-state index < -0.39 is 0 Å². The van der Waals surface area contributed by atoms with Crippen LogP contribution in [0, 0.1) is 0 Å². The van der Waals surface area contributed by atoms with Crippen LogP contribution in [-0.4, -0.2) is 35.7 Å². The van der Waals surface area contributed by atoms with Crippen LogP contribution in [0.25, 0.3) is 21.8 Å². The predicted molar refractivity (Wildman–Crippen MR) is 172 cm³/mol. The number of fused-ring (bicyclic) bond motifs is 4. The average molecular weight is 583 g/mol. The number of nitrogens with one attached hydrogen (secondary N) is 1. The third-order valence-electron chi connectivity index (χ3n) is 9.18. The lowest BCUT2D eigenvalue weighted by atomic mass is 9.76. The molecule has 0 spiro atoms. The lowest BCUT2D eigenvalue weighted by molar-refractivity contribution is -0.140. The second kappa shape index (κ2) is 11.5. The van der Waals surface area contributed by atoms with E-state index in [-0.39, 0.29) is 42.7 Å². The number of aromatic amines is 1. The molecule has 0 unspecified atom stereocenters. The van der Waals surface area contributed by atoms with Crippen LogP contribution < -0.4 is 0 Å². The summed E-state index contributed by atoms with van der Waals surface area (Å²) in [6, 6.07) is 37.5. The molecule has 0 radical (unpaired) electrons. The molecule has 0 fully saturated rings. The van der Waals surface area contributed by atoms with E-state index in [9.17, 15) is 9.59 Å². The van der Waals surface area contributed by atoms with Crippen molar-refractivity contribution in [2.75, 3.05) is 14.2 Å². The molecule has 3 heterocycles. The van der Waals surface area contributed by atoms with Gasteiger partial charge in [-0.25, -0.2) is 0 Å². The minimum atomic E-state index is -0.282. The van der Waals surface area contributed by atoms with Crippen molar-refractivity contribution in [3.05, 3.63) is 143 Å². The summed E-state index contributed by atoms with van der Waals surface area (Å²) in [6.07, 6.45) is 1.12. The van der Waals surface area contributed by atoms with Crippen LogP contribution in [0.5, 0.6) is 0 Å². The zero-order chi connectivity index (χ0) is 30.2. The van der Waals surface area contributed by atoms with Crippen molar-refractivity contribution in [1.82, 2.24) is 9.55 Å². The van der Waals surface area contributed by atoms with E-state index in [0.717, 1.165) is 50.7 Å². The zero-order valence-corrected chi connectivity index (χ0v) is 24.8. The van der Waals surface area contributed by atoms with Crippen molar-refractivity contribution >= 4 is 33.7 Å². The summed E-state index contributed by atoms with van der Waals surface area (Å²) in [5, 5.41) is 2.06. The number of carbonyl (C=O) groups is 2. The first-order chi connectivity index (χ1) is 21.6. The Labute approximate surface area is 256 Å². The maximum Gasteiger partial charge on any atom is 0.310 e. The Morgan fingerprint density at radius 2 is 1.30 bits per heavy atom. The highest BCUT2D eigenvalue weighted by molar-refractivity contribution is 5.92. The van der Waals surface area contributed by atoms with Crippen LogP contribution in [0.3, 0.4) is 0 Å². The molecule has 1 N–H and O–H groups in total. The van der Waals surface area contributed by atoms with Gasteiger partial charge in [0.1, 0.15) is 0 Å². The molecule has 2 aromatic heterocycles. The highest BCUT2D eigenvalue weighted by Gasteiger charge is 2.47. The van der Waals surface area contributed by atoms with Crippen LogP contribution >= 0.6 is 0 Å². The van der Waals surface area contributed by atoms with Crippen LogP contribution in [0.15, 0.2) is 109 Å². The molecule has 0 amide bonds. The first kappa shape index (κ1) is 27.7. The monoisotopic (exact) mass is 582 g/mol. The number of benzene rings is 4. The third-order valence-corrected chi connectivity index (χ3v) is 9.18. The fourth-order valence-corrected chi connectivity index (χ4v) is 7.38. The summed E-state index contributed by atoms with van der Waals surface area (Å²) < 4.78 is 12.8. The second-order valence-electron chi connectivity index (χ2n) is 11.5. The van der Waals surface area contributed by atoms with Crippen molar-refractivity contribution < 1.29 is 19.1 Å². The Morgan fingerprint density at radius 1 is 0.705 bits per heavy atom. The summed E-state index contributed by atoms with van der Waals surface area (Å²) in [4.78, 5) is 29.6. The van der Waals surface area contributed by atoms with Gasteiger partial charge in [-0.1, -0.05) is 97.1 Å². The summed E-state index contributed by atoms with van der Waals surface area (Å²) in [5.41, 5.74) is 8.55. The van der Waals surface area contributed by atoms with Gasteiger partial charge in [-0.05, 0) is 40.8 Å². The van der Waals surface area contributed by atoms with Crippen LogP contribution in [-0.2, 0) is 38.3 Å². The van der Waals surface area contributed by atoms with Crippen LogP contribution in [0.4, 0.5) is 0 Å². The van der Waals surface area contributed by atoms with Crippen molar-refractivity contribution in [3.8, 4) is 0 Å². The summed E-state index contributed by atoms with van der Waals surface area (Å²) in [6.45, 7) is 0. The number of H-pyrrole nitrogens is 1. The lowest BCUT2D eigenvalue weighted by Gasteiger charge is -2.27. The molecule has 1 aliphatic heterocycles. The highest BCUT2D eigenvalue weighted by Crippen LogP contribution is 2.56. The van der Waals surface area contributed by atoms with E-state index >= 15 is 0 Å². The van der Waals surface area contributed by atoms with Gasteiger partial charge >= 0.3 is 11.9 Å². The fraction of sp³-hybridized carbons (Fsp3) is 0.211. The van der Waals surface area contributed by atoms with Gasteiger partial charge in [0.2, 0.25) is 0 Å². The van der Waals surface area contributed by atoms with Crippen molar-refractivity contribution in [3.63, 3.8) is 0 Å². The molecule has 1 aliphatic rings. The second-order valence-corrected chi connectivity index (χ2v) is 11.5. The summed E-state index contributed by atoms with van der Waals surface area (Å²) >= 11 is 0. The molecule has 0 saturated carbocycles. The van der Waals surface area contributed by atoms with Crippen molar-refractivity contribution in [1.29, 1.82) is 0 Å².